The second-order valence-corrected chi connectivity index (χ2v) is 7.82. The lowest BCUT2D eigenvalue weighted by Gasteiger charge is -2.41. The summed E-state index contributed by atoms with van der Waals surface area (Å²) in [5.41, 5.74) is 0.489. The van der Waals surface area contributed by atoms with Crippen molar-refractivity contribution >= 4 is 0 Å². The van der Waals surface area contributed by atoms with Gasteiger partial charge < -0.3 is 9.88 Å². The zero-order chi connectivity index (χ0) is 15.5. The standard InChI is InChI=1S/C18H33N3/c1-6-21-10-9-19-17(21)11-16-12-18(4,5)8-7-15(16)13-20-14(2)3/h9-10,14-16,20H,6-8,11-13H2,1-5H3. The summed E-state index contributed by atoms with van der Waals surface area (Å²) in [5, 5.41) is 3.65. The normalized spacial score (nSPS) is 25.4. The summed E-state index contributed by atoms with van der Waals surface area (Å²) in [7, 11) is 0. The van der Waals surface area contributed by atoms with Crippen molar-refractivity contribution in [1.29, 1.82) is 0 Å². The molecule has 3 heteroatoms. The highest BCUT2D eigenvalue weighted by atomic mass is 15.1. The van der Waals surface area contributed by atoms with Crippen LogP contribution in [0.3, 0.4) is 0 Å². The van der Waals surface area contributed by atoms with Gasteiger partial charge in [-0.05, 0) is 50.0 Å². The third-order valence-corrected chi connectivity index (χ3v) is 5.05. The quantitative estimate of drug-likeness (QED) is 0.862. The van der Waals surface area contributed by atoms with Gasteiger partial charge in [-0.15, -0.1) is 0 Å². The van der Waals surface area contributed by atoms with E-state index in [1.807, 2.05) is 6.20 Å². The Balaban J connectivity index is 2.06. The molecule has 21 heavy (non-hydrogen) atoms. The predicted octanol–water partition coefficient (Wildman–Crippen LogP) is 3.89. The minimum absolute atomic E-state index is 0.489. The van der Waals surface area contributed by atoms with Crippen LogP contribution in [0.4, 0.5) is 0 Å². The van der Waals surface area contributed by atoms with Crippen LogP contribution in [0.2, 0.25) is 0 Å². The van der Waals surface area contributed by atoms with Crippen LogP contribution in [0.25, 0.3) is 0 Å². The molecule has 2 rings (SSSR count). The van der Waals surface area contributed by atoms with Gasteiger partial charge in [-0.1, -0.05) is 27.7 Å². The highest BCUT2D eigenvalue weighted by Gasteiger charge is 2.35. The van der Waals surface area contributed by atoms with Gasteiger partial charge in [0.25, 0.3) is 0 Å². The first-order valence-corrected chi connectivity index (χ1v) is 8.64. The lowest BCUT2D eigenvalue weighted by atomic mass is 9.66. The Bertz CT molecular complexity index is 431. The van der Waals surface area contributed by atoms with Crippen LogP contribution in [0.15, 0.2) is 12.4 Å². The topological polar surface area (TPSA) is 29.9 Å². The van der Waals surface area contributed by atoms with E-state index in [4.69, 9.17) is 0 Å². The second kappa shape index (κ2) is 6.95. The van der Waals surface area contributed by atoms with Crippen LogP contribution < -0.4 is 5.32 Å². The number of aryl methyl sites for hydroxylation is 1. The Morgan fingerprint density at radius 3 is 2.81 bits per heavy atom. The van der Waals surface area contributed by atoms with Crippen LogP contribution in [-0.2, 0) is 13.0 Å². The Hall–Kier alpha value is -0.830. The Morgan fingerprint density at radius 2 is 2.14 bits per heavy atom. The molecule has 1 aromatic rings. The van der Waals surface area contributed by atoms with E-state index in [0.717, 1.165) is 31.3 Å². The molecule has 0 bridgehead atoms. The molecule has 0 amide bonds. The molecule has 0 spiro atoms. The molecule has 0 aliphatic heterocycles. The van der Waals surface area contributed by atoms with E-state index < -0.39 is 0 Å². The molecule has 1 aliphatic rings. The molecule has 0 saturated heterocycles. The molecule has 2 atom stereocenters. The van der Waals surface area contributed by atoms with Gasteiger partial charge in [0, 0.05) is 31.4 Å². The molecule has 120 valence electrons. The number of hydrogen-bond donors (Lipinski definition) is 1. The Labute approximate surface area is 130 Å². The fourth-order valence-electron chi connectivity index (χ4n) is 3.74. The van der Waals surface area contributed by atoms with E-state index >= 15 is 0 Å². The van der Waals surface area contributed by atoms with Gasteiger partial charge in [-0.2, -0.15) is 0 Å². The number of rotatable bonds is 6. The molecule has 3 nitrogen and oxygen atoms in total. The average Bonchev–Trinajstić information content (AvgIpc) is 2.84. The highest BCUT2D eigenvalue weighted by Crippen LogP contribution is 2.42. The molecule has 1 saturated carbocycles. The lowest BCUT2D eigenvalue weighted by molar-refractivity contribution is 0.112. The van der Waals surface area contributed by atoms with Crippen molar-refractivity contribution < 1.29 is 0 Å². The van der Waals surface area contributed by atoms with Gasteiger partial charge in [0.1, 0.15) is 5.82 Å². The summed E-state index contributed by atoms with van der Waals surface area (Å²) in [6.45, 7) is 13.7. The average molecular weight is 291 g/mol. The van der Waals surface area contributed by atoms with Gasteiger partial charge >= 0.3 is 0 Å². The van der Waals surface area contributed by atoms with E-state index in [1.165, 1.54) is 25.1 Å². The van der Waals surface area contributed by atoms with Crippen molar-refractivity contribution in [2.24, 2.45) is 17.3 Å². The largest absolute Gasteiger partial charge is 0.335 e. The van der Waals surface area contributed by atoms with Crippen molar-refractivity contribution in [3.8, 4) is 0 Å². The van der Waals surface area contributed by atoms with E-state index in [9.17, 15) is 0 Å². The fraction of sp³-hybridized carbons (Fsp3) is 0.833. The summed E-state index contributed by atoms with van der Waals surface area (Å²) >= 11 is 0. The molecule has 0 aromatic carbocycles. The maximum Gasteiger partial charge on any atom is 0.108 e. The maximum atomic E-state index is 4.60. The first-order chi connectivity index (χ1) is 9.91. The van der Waals surface area contributed by atoms with E-state index in [-0.39, 0.29) is 0 Å². The number of nitrogens with one attached hydrogen (secondary N) is 1. The van der Waals surface area contributed by atoms with E-state index in [0.29, 0.717) is 11.5 Å². The van der Waals surface area contributed by atoms with Crippen molar-refractivity contribution in [2.75, 3.05) is 6.54 Å². The number of imidazole rings is 1. The maximum absolute atomic E-state index is 4.60. The van der Waals surface area contributed by atoms with Crippen molar-refractivity contribution in [1.82, 2.24) is 14.9 Å². The summed E-state index contributed by atoms with van der Waals surface area (Å²) in [5.74, 6) is 2.82. The van der Waals surface area contributed by atoms with Crippen molar-refractivity contribution in [2.45, 2.75) is 72.9 Å². The molecule has 0 radical (unpaired) electrons. The van der Waals surface area contributed by atoms with Gasteiger partial charge in [-0.25, -0.2) is 4.98 Å². The van der Waals surface area contributed by atoms with E-state index in [1.54, 1.807) is 0 Å². The van der Waals surface area contributed by atoms with Gasteiger partial charge in [-0.3, -0.25) is 0 Å². The summed E-state index contributed by atoms with van der Waals surface area (Å²) in [4.78, 5) is 4.60. The molecule has 1 fully saturated rings. The zero-order valence-corrected chi connectivity index (χ0v) is 14.5. The highest BCUT2D eigenvalue weighted by molar-refractivity contribution is 4.97. The Morgan fingerprint density at radius 1 is 1.38 bits per heavy atom. The minimum Gasteiger partial charge on any atom is -0.335 e. The summed E-state index contributed by atoms with van der Waals surface area (Å²) in [6.07, 6.45) is 9.24. The van der Waals surface area contributed by atoms with Crippen molar-refractivity contribution in [3.05, 3.63) is 18.2 Å². The number of nitrogens with zero attached hydrogens (tertiary/aromatic N) is 2. The van der Waals surface area contributed by atoms with Crippen LogP contribution in [-0.4, -0.2) is 22.1 Å². The van der Waals surface area contributed by atoms with Crippen LogP contribution in [0.5, 0.6) is 0 Å². The lowest BCUT2D eigenvalue weighted by Crippen LogP contribution is -2.39. The molecule has 1 N–H and O–H groups in total. The van der Waals surface area contributed by atoms with E-state index in [2.05, 4.69) is 55.7 Å². The predicted molar refractivity (Wildman–Crippen MR) is 89.4 cm³/mol. The molecule has 1 aliphatic carbocycles. The molecular weight excluding hydrogens is 258 g/mol. The third kappa shape index (κ3) is 4.57. The second-order valence-electron chi connectivity index (χ2n) is 7.82. The van der Waals surface area contributed by atoms with Gasteiger partial charge in [0.15, 0.2) is 0 Å². The molecular formula is C18H33N3. The molecule has 1 heterocycles. The minimum atomic E-state index is 0.489. The Kier molecular flexibility index (Phi) is 5.48. The molecule has 1 aromatic heterocycles. The third-order valence-electron chi connectivity index (χ3n) is 5.05. The monoisotopic (exact) mass is 291 g/mol. The first-order valence-electron chi connectivity index (χ1n) is 8.64. The fourth-order valence-corrected chi connectivity index (χ4v) is 3.74. The first kappa shape index (κ1) is 16.5. The molecule has 2 unspecified atom stereocenters. The summed E-state index contributed by atoms with van der Waals surface area (Å²) < 4.78 is 2.30. The number of hydrogen-bond acceptors (Lipinski definition) is 2. The SMILES string of the molecule is CCn1ccnc1CC1CC(C)(C)CCC1CNC(C)C. The smallest absolute Gasteiger partial charge is 0.108 e. The number of aromatic nitrogens is 2. The van der Waals surface area contributed by atoms with Crippen LogP contribution in [0, 0.1) is 17.3 Å². The van der Waals surface area contributed by atoms with Crippen molar-refractivity contribution in [3.63, 3.8) is 0 Å². The van der Waals surface area contributed by atoms with Gasteiger partial charge in [0.05, 0.1) is 0 Å². The van der Waals surface area contributed by atoms with Crippen LogP contribution in [0.1, 0.15) is 59.7 Å². The van der Waals surface area contributed by atoms with Gasteiger partial charge in [0.2, 0.25) is 0 Å². The van der Waals surface area contributed by atoms with Crippen LogP contribution >= 0.6 is 0 Å². The summed E-state index contributed by atoms with van der Waals surface area (Å²) in [6, 6.07) is 0.582. The zero-order valence-electron chi connectivity index (χ0n) is 14.5.